The summed E-state index contributed by atoms with van der Waals surface area (Å²) in [5, 5.41) is 15.1. The second kappa shape index (κ2) is 7.49. The van der Waals surface area contributed by atoms with Crippen molar-refractivity contribution in [3.05, 3.63) is 81.5 Å². The van der Waals surface area contributed by atoms with Crippen LogP contribution in [0.5, 0.6) is 0 Å². The molecule has 0 aliphatic carbocycles. The Morgan fingerprint density at radius 1 is 1.24 bits per heavy atom. The van der Waals surface area contributed by atoms with Gasteiger partial charge in [-0.3, -0.25) is 9.59 Å². The van der Waals surface area contributed by atoms with Crippen LogP contribution in [0.1, 0.15) is 44.3 Å². The van der Waals surface area contributed by atoms with Crippen LogP contribution in [-0.2, 0) is 4.79 Å². The van der Waals surface area contributed by atoms with Gasteiger partial charge >= 0.3 is 0 Å². The van der Waals surface area contributed by atoms with Crippen molar-refractivity contribution in [1.29, 1.82) is 5.26 Å². The third-order valence-electron chi connectivity index (χ3n) is 4.95. The average molecular weight is 405 g/mol. The van der Waals surface area contributed by atoms with Crippen LogP contribution < -0.4 is 10.6 Å². The molecule has 7 heteroatoms. The molecular formula is C22H16FN3O2S. The Balaban J connectivity index is 1.71. The number of fused-ring (bicyclic) bond motifs is 1. The molecule has 1 aliphatic rings. The summed E-state index contributed by atoms with van der Waals surface area (Å²) < 4.78 is 13.9. The zero-order valence-corrected chi connectivity index (χ0v) is 16.3. The number of hydrogen-bond acceptors (Lipinski definition) is 4. The number of para-hydroxylation sites is 1. The Hall–Kier alpha value is -3.50. The molecule has 0 saturated heterocycles. The smallest absolute Gasteiger partial charge is 0.266 e. The van der Waals surface area contributed by atoms with E-state index in [2.05, 4.69) is 16.7 Å². The number of nitriles is 1. The molecular weight excluding hydrogens is 389 g/mol. The molecule has 3 aromatic rings. The second-order valence-corrected chi connectivity index (χ2v) is 7.79. The first kappa shape index (κ1) is 18.8. The van der Waals surface area contributed by atoms with Crippen molar-refractivity contribution < 1.29 is 14.0 Å². The van der Waals surface area contributed by atoms with Gasteiger partial charge in [-0.05, 0) is 47.9 Å². The van der Waals surface area contributed by atoms with E-state index in [0.717, 1.165) is 16.7 Å². The number of halogens is 1. The summed E-state index contributed by atoms with van der Waals surface area (Å²) in [6.07, 6.45) is 0.255. The number of anilines is 2. The number of thiophene rings is 1. The molecule has 2 N–H and O–H groups in total. The van der Waals surface area contributed by atoms with Crippen LogP contribution in [0.3, 0.4) is 0 Å². The number of carbonyl (C=O) groups excluding carboxylic acids is 2. The van der Waals surface area contributed by atoms with Crippen LogP contribution >= 0.6 is 11.3 Å². The first-order valence-corrected chi connectivity index (χ1v) is 9.78. The maximum Gasteiger partial charge on any atom is 0.266 e. The quantitative estimate of drug-likeness (QED) is 0.657. The van der Waals surface area contributed by atoms with E-state index in [1.807, 2.05) is 19.1 Å². The zero-order valence-electron chi connectivity index (χ0n) is 15.5. The maximum atomic E-state index is 13.9. The average Bonchev–Trinajstić information content (AvgIpc) is 3.05. The zero-order chi connectivity index (χ0) is 20.5. The molecule has 2 heterocycles. The fraction of sp³-hybridized carbons (Fsp3) is 0.136. The molecule has 0 saturated carbocycles. The van der Waals surface area contributed by atoms with E-state index < -0.39 is 11.7 Å². The highest BCUT2D eigenvalue weighted by atomic mass is 32.1. The summed E-state index contributed by atoms with van der Waals surface area (Å²) in [6.45, 7) is 1.83. The molecule has 0 spiro atoms. The molecule has 5 nitrogen and oxygen atoms in total. The largest absolute Gasteiger partial charge is 0.319 e. The van der Waals surface area contributed by atoms with Gasteiger partial charge in [-0.2, -0.15) is 5.26 Å². The Morgan fingerprint density at radius 3 is 2.66 bits per heavy atom. The summed E-state index contributed by atoms with van der Waals surface area (Å²) in [7, 11) is 0. The van der Waals surface area contributed by atoms with E-state index in [1.165, 1.54) is 23.5 Å². The Kier molecular flexibility index (Phi) is 4.87. The second-order valence-electron chi connectivity index (χ2n) is 6.77. The number of nitrogens with zero attached hydrogens (tertiary/aromatic N) is 1. The Morgan fingerprint density at radius 2 is 1.97 bits per heavy atom. The predicted octanol–water partition coefficient (Wildman–Crippen LogP) is 4.79. The van der Waals surface area contributed by atoms with Crippen molar-refractivity contribution in [2.45, 2.75) is 19.3 Å². The van der Waals surface area contributed by atoms with Crippen molar-refractivity contribution >= 4 is 33.8 Å². The van der Waals surface area contributed by atoms with Gasteiger partial charge in [-0.1, -0.05) is 24.3 Å². The van der Waals surface area contributed by atoms with Crippen LogP contribution in [0.25, 0.3) is 0 Å². The summed E-state index contributed by atoms with van der Waals surface area (Å²) in [4.78, 5) is 25.5. The molecule has 0 fully saturated rings. The van der Waals surface area contributed by atoms with Crippen molar-refractivity contribution in [2.24, 2.45) is 0 Å². The van der Waals surface area contributed by atoms with E-state index >= 15 is 0 Å². The molecule has 29 heavy (non-hydrogen) atoms. The number of carbonyl (C=O) groups is 2. The van der Waals surface area contributed by atoms with E-state index in [0.29, 0.717) is 15.4 Å². The normalized spacial score (nSPS) is 15.2. The van der Waals surface area contributed by atoms with Crippen molar-refractivity contribution in [2.75, 3.05) is 10.6 Å². The topological polar surface area (TPSA) is 82.0 Å². The third-order valence-corrected chi connectivity index (χ3v) is 6.18. The highest BCUT2D eigenvalue weighted by molar-refractivity contribution is 7.18. The van der Waals surface area contributed by atoms with Gasteiger partial charge in [0.2, 0.25) is 5.91 Å². The minimum atomic E-state index is -0.511. The number of nitrogens with one attached hydrogen (secondary N) is 2. The summed E-state index contributed by atoms with van der Waals surface area (Å²) in [5.41, 5.74) is 3.20. The molecule has 2 amide bonds. The minimum absolute atomic E-state index is 0.107. The number of rotatable bonds is 3. The molecule has 1 atom stereocenters. The molecule has 0 bridgehead atoms. The summed E-state index contributed by atoms with van der Waals surface area (Å²) in [6, 6.07) is 15.2. The molecule has 1 aromatic heterocycles. The van der Waals surface area contributed by atoms with Gasteiger partial charge in [0.25, 0.3) is 5.91 Å². The van der Waals surface area contributed by atoms with Crippen molar-refractivity contribution in [3.63, 3.8) is 0 Å². The monoisotopic (exact) mass is 405 g/mol. The van der Waals surface area contributed by atoms with Crippen molar-refractivity contribution in [3.8, 4) is 6.07 Å². The lowest BCUT2D eigenvalue weighted by molar-refractivity contribution is -0.116. The Bertz CT molecular complexity index is 1160. The van der Waals surface area contributed by atoms with Gasteiger partial charge in [-0.15, -0.1) is 11.3 Å². The standard InChI is InChI=1S/C22H16FN3O2S/c1-12-19-15(14-8-6-13(11-24)7-9-14)10-18(27)26-22(19)29-20(12)21(28)25-17-5-3-2-4-16(17)23/h2-9,15H,10H2,1H3,(H,25,28)(H,26,27). The van der Waals surface area contributed by atoms with Gasteiger partial charge in [0.15, 0.2) is 0 Å². The highest BCUT2D eigenvalue weighted by Gasteiger charge is 2.33. The van der Waals surface area contributed by atoms with E-state index in [9.17, 15) is 14.0 Å². The van der Waals surface area contributed by atoms with E-state index in [1.54, 1.807) is 24.3 Å². The summed E-state index contributed by atoms with van der Waals surface area (Å²) in [5.74, 6) is -1.27. The lowest BCUT2D eigenvalue weighted by Gasteiger charge is -2.24. The number of benzene rings is 2. The van der Waals surface area contributed by atoms with Crippen LogP contribution in [0, 0.1) is 24.1 Å². The van der Waals surface area contributed by atoms with Crippen LogP contribution in [0.2, 0.25) is 0 Å². The SMILES string of the molecule is Cc1c(C(=O)Nc2ccccc2F)sc2c1C(c1ccc(C#N)cc1)CC(=O)N2. The van der Waals surface area contributed by atoms with Crippen LogP contribution in [0.4, 0.5) is 15.1 Å². The van der Waals surface area contributed by atoms with Crippen LogP contribution in [-0.4, -0.2) is 11.8 Å². The number of hydrogen-bond donors (Lipinski definition) is 2. The molecule has 1 aliphatic heterocycles. The van der Waals surface area contributed by atoms with E-state index in [-0.39, 0.29) is 23.9 Å². The third kappa shape index (κ3) is 3.50. The lowest BCUT2D eigenvalue weighted by Crippen LogP contribution is -2.22. The molecule has 1 unspecified atom stereocenters. The molecule has 4 rings (SSSR count). The lowest BCUT2D eigenvalue weighted by atomic mass is 9.84. The highest BCUT2D eigenvalue weighted by Crippen LogP contribution is 2.45. The van der Waals surface area contributed by atoms with Gasteiger partial charge < -0.3 is 10.6 Å². The molecule has 144 valence electrons. The van der Waals surface area contributed by atoms with Gasteiger partial charge in [-0.25, -0.2) is 4.39 Å². The maximum absolute atomic E-state index is 13.9. The minimum Gasteiger partial charge on any atom is -0.319 e. The van der Waals surface area contributed by atoms with Gasteiger partial charge in [0.1, 0.15) is 5.82 Å². The fourth-order valence-corrected chi connectivity index (χ4v) is 4.72. The first-order chi connectivity index (χ1) is 14.0. The van der Waals surface area contributed by atoms with Gasteiger partial charge in [0.05, 0.1) is 27.2 Å². The Labute approximate surface area is 170 Å². The van der Waals surface area contributed by atoms with Crippen LogP contribution in [0.15, 0.2) is 48.5 Å². The predicted molar refractivity (Wildman–Crippen MR) is 110 cm³/mol. The van der Waals surface area contributed by atoms with Gasteiger partial charge in [0, 0.05) is 12.3 Å². The molecule has 0 radical (unpaired) electrons. The fourth-order valence-electron chi connectivity index (χ4n) is 3.54. The van der Waals surface area contributed by atoms with Crippen molar-refractivity contribution in [1.82, 2.24) is 0 Å². The van der Waals surface area contributed by atoms with E-state index in [4.69, 9.17) is 5.26 Å². The first-order valence-electron chi connectivity index (χ1n) is 8.97. The number of amides is 2. The summed E-state index contributed by atoms with van der Waals surface area (Å²) >= 11 is 1.19. The molecule has 2 aromatic carbocycles.